The zero-order chi connectivity index (χ0) is 13.3. The van der Waals surface area contributed by atoms with Crippen molar-refractivity contribution in [2.75, 3.05) is 0 Å². The second-order valence-corrected chi connectivity index (χ2v) is 5.83. The van der Waals surface area contributed by atoms with E-state index in [9.17, 15) is 9.59 Å². The average Bonchev–Trinajstić information content (AvgIpc) is 3.03. The number of aliphatic carboxylic acids is 1. The molecule has 0 bridgehead atoms. The van der Waals surface area contributed by atoms with Gasteiger partial charge < -0.3 is 10.4 Å². The predicted molar refractivity (Wildman–Crippen MR) is 67.3 cm³/mol. The summed E-state index contributed by atoms with van der Waals surface area (Å²) in [4.78, 5) is 28.0. The topological polar surface area (TPSA) is 79.3 Å². The summed E-state index contributed by atoms with van der Waals surface area (Å²) >= 11 is 1.56. The van der Waals surface area contributed by atoms with Gasteiger partial charge in [0.05, 0.1) is 17.9 Å². The van der Waals surface area contributed by atoms with Crippen molar-refractivity contribution in [1.29, 1.82) is 0 Å². The molecule has 0 aromatic carbocycles. The summed E-state index contributed by atoms with van der Waals surface area (Å²) in [5.41, 5.74) is 0. The van der Waals surface area contributed by atoms with Crippen LogP contribution in [0, 0.1) is 18.8 Å². The number of rotatable bonds is 5. The Labute approximate surface area is 109 Å². The fourth-order valence-corrected chi connectivity index (χ4v) is 2.82. The van der Waals surface area contributed by atoms with Crippen LogP contribution in [-0.4, -0.2) is 22.0 Å². The molecule has 0 spiro atoms. The maximum Gasteiger partial charge on any atom is 0.307 e. The molecular weight excluding hydrogens is 252 g/mol. The zero-order valence-corrected chi connectivity index (χ0v) is 11.2. The lowest BCUT2D eigenvalue weighted by Gasteiger charge is -2.14. The number of aromatic nitrogens is 1. The van der Waals surface area contributed by atoms with Gasteiger partial charge in [0.2, 0.25) is 5.91 Å². The molecule has 3 atom stereocenters. The molecule has 1 fully saturated rings. The van der Waals surface area contributed by atoms with E-state index in [1.165, 1.54) is 0 Å². The zero-order valence-electron chi connectivity index (χ0n) is 10.3. The number of carbonyl (C=O) groups is 2. The number of aryl methyl sites for hydroxylation is 1. The molecular formula is C12H16N2O3S. The van der Waals surface area contributed by atoms with Gasteiger partial charge in [-0.3, -0.25) is 9.59 Å². The Kier molecular flexibility index (Phi) is 3.65. The first-order valence-electron chi connectivity index (χ1n) is 5.98. The highest BCUT2D eigenvalue weighted by Gasteiger charge is 2.48. The van der Waals surface area contributed by atoms with Crippen molar-refractivity contribution in [2.45, 2.75) is 32.7 Å². The summed E-state index contributed by atoms with van der Waals surface area (Å²) in [6.07, 6.45) is 2.99. The third-order valence-corrected chi connectivity index (χ3v) is 4.13. The van der Waals surface area contributed by atoms with Gasteiger partial charge in [-0.2, -0.15) is 0 Å². The Balaban J connectivity index is 1.95. The van der Waals surface area contributed by atoms with Crippen LogP contribution in [0.5, 0.6) is 0 Å². The summed E-state index contributed by atoms with van der Waals surface area (Å²) < 4.78 is 0. The first kappa shape index (κ1) is 13.0. The van der Waals surface area contributed by atoms with E-state index in [0.717, 1.165) is 16.3 Å². The van der Waals surface area contributed by atoms with Crippen molar-refractivity contribution < 1.29 is 14.7 Å². The Bertz CT molecular complexity index is 472. The second-order valence-electron chi connectivity index (χ2n) is 4.57. The average molecular weight is 268 g/mol. The maximum atomic E-state index is 11.9. The molecule has 98 valence electrons. The molecule has 0 radical (unpaired) electrons. The first-order chi connectivity index (χ1) is 8.52. The van der Waals surface area contributed by atoms with Gasteiger partial charge >= 0.3 is 5.97 Å². The highest BCUT2D eigenvalue weighted by Crippen LogP contribution is 2.39. The molecule has 1 aromatic heterocycles. The van der Waals surface area contributed by atoms with Crippen LogP contribution in [0.4, 0.5) is 0 Å². The molecule has 1 amide bonds. The minimum absolute atomic E-state index is 0.105. The van der Waals surface area contributed by atoms with E-state index in [4.69, 9.17) is 5.11 Å². The van der Waals surface area contributed by atoms with Crippen molar-refractivity contribution in [1.82, 2.24) is 10.3 Å². The molecule has 0 aliphatic heterocycles. The van der Waals surface area contributed by atoms with E-state index >= 15 is 0 Å². The molecule has 1 aliphatic carbocycles. The van der Waals surface area contributed by atoms with E-state index in [0.29, 0.717) is 6.42 Å². The highest BCUT2D eigenvalue weighted by molar-refractivity contribution is 7.11. The fraction of sp³-hybridized carbons (Fsp3) is 0.583. The number of nitrogens with zero attached hydrogens (tertiary/aromatic N) is 1. The summed E-state index contributed by atoms with van der Waals surface area (Å²) in [6, 6.07) is -0.105. The van der Waals surface area contributed by atoms with Crippen LogP contribution in [0.1, 0.15) is 35.7 Å². The molecule has 1 saturated carbocycles. The lowest BCUT2D eigenvalue weighted by atomic mass is 10.2. The molecule has 5 nitrogen and oxygen atoms in total. The number of nitrogens with one attached hydrogen (secondary N) is 1. The minimum atomic E-state index is -0.881. The smallest absolute Gasteiger partial charge is 0.307 e. The molecule has 1 aliphatic rings. The third-order valence-electron chi connectivity index (χ3n) is 3.11. The van der Waals surface area contributed by atoms with Crippen LogP contribution in [0.2, 0.25) is 0 Å². The SMILES string of the molecule is CC[C@H](NC(=O)[C@@H]1C[C@H]1C(=O)O)c1ncc(C)s1. The largest absolute Gasteiger partial charge is 0.481 e. The Morgan fingerprint density at radius 1 is 1.61 bits per heavy atom. The van der Waals surface area contributed by atoms with E-state index < -0.39 is 11.9 Å². The predicted octanol–water partition coefficient (Wildman–Crippen LogP) is 1.74. The minimum Gasteiger partial charge on any atom is -0.481 e. The molecule has 0 saturated heterocycles. The van der Waals surface area contributed by atoms with E-state index in [1.807, 2.05) is 13.8 Å². The van der Waals surface area contributed by atoms with E-state index in [1.54, 1.807) is 17.5 Å². The summed E-state index contributed by atoms with van der Waals surface area (Å²) in [6.45, 7) is 3.94. The van der Waals surface area contributed by atoms with Crippen LogP contribution in [0.25, 0.3) is 0 Å². The maximum absolute atomic E-state index is 11.9. The molecule has 1 heterocycles. The van der Waals surface area contributed by atoms with Crippen molar-refractivity contribution in [3.63, 3.8) is 0 Å². The van der Waals surface area contributed by atoms with Gasteiger partial charge in [-0.1, -0.05) is 6.92 Å². The van der Waals surface area contributed by atoms with Gasteiger partial charge in [0, 0.05) is 11.1 Å². The van der Waals surface area contributed by atoms with Crippen molar-refractivity contribution in [2.24, 2.45) is 11.8 Å². The number of carboxylic acids is 1. The second kappa shape index (κ2) is 5.06. The van der Waals surface area contributed by atoms with Gasteiger partial charge in [0.1, 0.15) is 5.01 Å². The fourth-order valence-electron chi connectivity index (χ4n) is 1.91. The molecule has 18 heavy (non-hydrogen) atoms. The number of hydrogen-bond acceptors (Lipinski definition) is 4. The van der Waals surface area contributed by atoms with Crippen LogP contribution >= 0.6 is 11.3 Å². The monoisotopic (exact) mass is 268 g/mol. The van der Waals surface area contributed by atoms with Crippen molar-refractivity contribution in [3.05, 3.63) is 16.1 Å². The lowest BCUT2D eigenvalue weighted by molar-refractivity contribution is -0.140. The van der Waals surface area contributed by atoms with Gasteiger partial charge in [-0.25, -0.2) is 4.98 Å². The van der Waals surface area contributed by atoms with Crippen molar-refractivity contribution >= 4 is 23.2 Å². The van der Waals surface area contributed by atoms with Gasteiger partial charge in [0.25, 0.3) is 0 Å². The highest BCUT2D eigenvalue weighted by atomic mass is 32.1. The van der Waals surface area contributed by atoms with Gasteiger partial charge in [-0.15, -0.1) is 11.3 Å². The van der Waals surface area contributed by atoms with Crippen LogP contribution < -0.4 is 5.32 Å². The quantitative estimate of drug-likeness (QED) is 0.852. The standard InChI is InChI=1S/C12H16N2O3S/c1-3-9(11-13-5-6(2)18-11)14-10(15)7-4-8(7)12(16)17/h5,7-9H,3-4H2,1-2H3,(H,14,15)(H,16,17)/t7-,8-,9+/m1/s1. The molecule has 6 heteroatoms. The first-order valence-corrected chi connectivity index (χ1v) is 6.80. The van der Waals surface area contributed by atoms with Gasteiger partial charge in [0.15, 0.2) is 0 Å². The van der Waals surface area contributed by atoms with Crippen molar-refractivity contribution in [3.8, 4) is 0 Å². The Hall–Kier alpha value is -1.43. The Morgan fingerprint density at radius 2 is 2.33 bits per heavy atom. The number of carbonyl (C=O) groups excluding carboxylic acids is 1. The van der Waals surface area contributed by atoms with Gasteiger partial charge in [-0.05, 0) is 19.8 Å². The summed E-state index contributed by atoms with van der Waals surface area (Å²) in [7, 11) is 0. The number of amides is 1. The molecule has 0 unspecified atom stereocenters. The summed E-state index contributed by atoms with van der Waals surface area (Å²) in [5, 5.41) is 12.6. The molecule has 1 aromatic rings. The summed E-state index contributed by atoms with van der Waals surface area (Å²) in [5.74, 6) is -1.91. The van der Waals surface area contributed by atoms with Crippen LogP contribution in [-0.2, 0) is 9.59 Å². The lowest BCUT2D eigenvalue weighted by Crippen LogP contribution is -2.30. The number of hydrogen-bond donors (Lipinski definition) is 2. The molecule has 2 N–H and O–H groups in total. The van der Waals surface area contributed by atoms with Crippen LogP contribution in [0.15, 0.2) is 6.20 Å². The Morgan fingerprint density at radius 3 is 2.78 bits per heavy atom. The normalized spacial score (nSPS) is 23.4. The third kappa shape index (κ3) is 2.69. The number of carboxylic acid groups (broad SMARTS) is 1. The van der Waals surface area contributed by atoms with E-state index in [-0.39, 0.29) is 17.9 Å². The van der Waals surface area contributed by atoms with Crippen LogP contribution in [0.3, 0.4) is 0 Å². The number of thiazole rings is 1. The van der Waals surface area contributed by atoms with E-state index in [2.05, 4.69) is 10.3 Å². The molecule has 2 rings (SSSR count).